The van der Waals surface area contributed by atoms with Crippen molar-refractivity contribution in [3.8, 4) is 0 Å². The van der Waals surface area contributed by atoms with Crippen LogP contribution in [0.2, 0.25) is 0 Å². The van der Waals surface area contributed by atoms with Crippen LogP contribution >= 0.6 is 11.3 Å². The Kier molecular flexibility index (Phi) is 7.18. The van der Waals surface area contributed by atoms with Crippen LogP contribution in [-0.2, 0) is 21.3 Å². The van der Waals surface area contributed by atoms with Crippen molar-refractivity contribution in [1.29, 1.82) is 0 Å². The molecule has 10 heteroatoms. The van der Waals surface area contributed by atoms with Gasteiger partial charge in [-0.1, -0.05) is 12.1 Å². The predicted octanol–water partition coefficient (Wildman–Crippen LogP) is 2.71. The third-order valence-corrected chi connectivity index (χ3v) is 8.86. The first-order valence-corrected chi connectivity index (χ1v) is 13.5. The number of amides is 2. The van der Waals surface area contributed by atoms with Crippen LogP contribution in [-0.4, -0.2) is 67.8 Å². The Morgan fingerprint density at radius 1 is 1.06 bits per heavy atom. The minimum atomic E-state index is -3.66. The van der Waals surface area contributed by atoms with Gasteiger partial charge in [0.05, 0.1) is 12.2 Å². The molecule has 2 saturated heterocycles. The molecular formula is C23H29N3O5S2. The molecule has 0 saturated carbocycles. The summed E-state index contributed by atoms with van der Waals surface area (Å²) >= 11 is 1.12. The van der Waals surface area contributed by atoms with E-state index in [0.717, 1.165) is 29.7 Å². The topological polar surface area (TPSA) is 96.0 Å². The van der Waals surface area contributed by atoms with E-state index >= 15 is 0 Å². The zero-order chi connectivity index (χ0) is 23.6. The zero-order valence-corrected chi connectivity index (χ0v) is 20.5. The van der Waals surface area contributed by atoms with Gasteiger partial charge >= 0.3 is 0 Å². The summed E-state index contributed by atoms with van der Waals surface area (Å²) in [6.07, 6.45) is 1.69. The summed E-state index contributed by atoms with van der Waals surface area (Å²) < 4.78 is 32.9. The number of carbonyl (C=O) groups excluding carboxylic acids is 2. The molecule has 2 aliphatic rings. The summed E-state index contributed by atoms with van der Waals surface area (Å²) in [7, 11) is -3.66. The number of hydrogen-bond donors (Lipinski definition) is 1. The van der Waals surface area contributed by atoms with Gasteiger partial charge in [0.1, 0.15) is 9.77 Å². The van der Waals surface area contributed by atoms with Gasteiger partial charge in [-0.2, -0.15) is 4.31 Å². The van der Waals surface area contributed by atoms with Crippen molar-refractivity contribution in [1.82, 2.24) is 14.5 Å². The van der Waals surface area contributed by atoms with Gasteiger partial charge in [0, 0.05) is 38.3 Å². The molecule has 2 aromatic rings. The summed E-state index contributed by atoms with van der Waals surface area (Å²) in [5, 5.41) is 4.44. The first kappa shape index (κ1) is 23.9. The van der Waals surface area contributed by atoms with Crippen LogP contribution in [0.25, 0.3) is 0 Å². The normalized spacial score (nSPS) is 21.8. The highest BCUT2D eigenvalue weighted by Gasteiger charge is 2.32. The third kappa shape index (κ3) is 5.29. The lowest BCUT2D eigenvalue weighted by Gasteiger charge is -2.35. The standard InChI is InChI=1S/C23H29N3O5S2/c1-16-14-25(15-17(2)31-16)23(28)19-7-5-18(6-8-19)13-24-22(27)21-20(9-12-32-21)33(29,30)26-10-3-4-11-26/h5-9,12,16-17H,3-4,10-11,13-15H2,1-2H3,(H,24,27). The molecule has 2 unspecified atom stereocenters. The fraction of sp³-hybridized carbons (Fsp3) is 0.478. The number of morpholine rings is 1. The SMILES string of the molecule is CC1CN(C(=O)c2ccc(CNC(=O)c3sccc3S(=O)(=O)N3CCCC3)cc2)CC(C)O1. The van der Waals surface area contributed by atoms with Crippen molar-refractivity contribution < 1.29 is 22.7 Å². The molecule has 8 nitrogen and oxygen atoms in total. The van der Waals surface area contributed by atoms with E-state index in [0.29, 0.717) is 31.7 Å². The van der Waals surface area contributed by atoms with Crippen molar-refractivity contribution in [3.63, 3.8) is 0 Å². The van der Waals surface area contributed by atoms with E-state index in [1.165, 1.54) is 10.4 Å². The third-order valence-electron chi connectivity index (χ3n) is 5.88. The number of carbonyl (C=O) groups is 2. The number of thiophene rings is 1. The van der Waals surface area contributed by atoms with E-state index in [1.807, 2.05) is 13.8 Å². The number of sulfonamides is 1. The Balaban J connectivity index is 1.38. The largest absolute Gasteiger partial charge is 0.372 e. The molecule has 1 aromatic heterocycles. The first-order chi connectivity index (χ1) is 15.8. The van der Waals surface area contributed by atoms with Crippen molar-refractivity contribution in [3.05, 3.63) is 51.7 Å². The average molecular weight is 492 g/mol. The number of nitrogens with zero attached hydrogens (tertiary/aromatic N) is 2. The summed E-state index contributed by atoms with van der Waals surface area (Å²) in [4.78, 5) is 27.6. The lowest BCUT2D eigenvalue weighted by Crippen LogP contribution is -2.48. The maximum atomic E-state index is 12.9. The van der Waals surface area contributed by atoms with E-state index in [-0.39, 0.29) is 34.4 Å². The van der Waals surface area contributed by atoms with Gasteiger partial charge < -0.3 is 15.0 Å². The molecule has 0 radical (unpaired) electrons. The van der Waals surface area contributed by atoms with Crippen LogP contribution in [0.15, 0.2) is 40.6 Å². The van der Waals surface area contributed by atoms with Crippen molar-refractivity contribution in [2.45, 2.75) is 50.3 Å². The highest BCUT2D eigenvalue weighted by molar-refractivity contribution is 7.89. The van der Waals surface area contributed by atoms with E-state index in [4.69, 9.17) is 4.74 Å². The molecule has 2 amide bonds. The van der Waals surface area contributed by atoms with E-state index in [9.17, 15) is 18.0 Å². The average Bonchev–Trinajstić information content (AvgIpc) is 3.50. The van der Waals surface area contributed by atoms with Crippen LogP contribution in [0.4, 0.5) is 0 Å². The first-order valence-electron chi connectivity index (χ1n) is 11.1. The highest BCUT2D eigenvalue weighted by atomic mass is 32.2. The summed E-state index contributed by atoms with van der Waals surface area (Å²) in [6.45, 7) is 6.25. The minimum Gasteiger partial charge on any atom is -0.372 e. The number of benzene rings is 1. The van der Waals surface area contributed by atoms with Crippen LogP contribution < -0.4 is 5.32 Å². The number of nitrogens with one attached hydrogen (secondary N) is 1. The molecule has 3 heterocycles. The molecule has 0 bridgehead atoms. The van der Waals surface area contributed by atoms with Crippen molar-refractivity contribution in [2.24, 2.45) is 0 Å². The van der Waals surface area contributed by atoms with E-state index < -0.39 is 15.9 Å². The second-order valence-corrected chi connectivity index (χ2v) is 11.4. The monoisotopic (exact) mass is 491 g/mol. The van der Waals surface area contributed by atoms with Crippen LogP contribution in [0.3, 0.4) is 0 Å². The molecule has 33 heavy (non-hydrogen) atoms. The molecule has 0 spiro atoms. The second kappa shape index (κ2) is 9.92. The van der Waals surface area contributed by atoms with E-state index in [1.54, 1.807) is 34.5 Å². The minimum absolute atomic E-state index is 0.00334. The van der Waals surface area contributed by atoms with E-state index in [2.05, 4.69) is 5.32 Å². The van der Waals surface area contributed by atoms with Gasteiger partial charge in [-0.05, 0) is 55.8 Å². The smallest absolute Gasteiger partial charge is 0.263 e. The number of ether oxygens (including phenoxy) is 1. The fourth-order valence-electron chi connectivity index (χ4n) is 4.29. The van der Waals surface area contributed by atoms with Gasteiger partial charge in [-0.15, -0.1) is 11.3 Å². The molecule has 2 fully saturated rings. The molecule has 1 N–H and O–H groups in total. The van der Waals surface area contributed by atoms with Crippen molar-refractivity contribution in [2.75, 3.05) is 26.2 Å². The Bertz CT molecular complexity index is 1100. The lowest BCUT2D eigenvalue weighted by atomic mass is 10.1. The Hall–Kier alpha value is -2.27. The Morgan fingerprint density at radius 2 is 1.70 bits per heavy atom. The van der Waals surface area contributed by atoms with Gasteiger partial charge in [-0.3, -0.25) is 9.59 Å². The fourth-order valence-corrected chi connectivity index (χ4v) is 7.12. The molecular weight excluding hydrogens is 462 g/mol. The maximum absolute atomic E-state index is 12.9. The van der Waals surface area contributed by atoms with Gasteiger partial charge in [0.2, 0.25) is 10.0 Å². The second-order valence-electron chi connectivity index (χ2n) is 8.57. The molecule has 4 rings (SSSR count). The molecule has 2 aliphatic heterocycles. The van der Waals surface area contributed by atoms with Gasteiger partial charge in [0.15, 0.2) is 0 Å². The summed E-state index contributed by atoms with van der Waals surface area (Å²) in [5.74, 6) is -0.456. The maximum Gasteiger partial charge on any atom is 0.263 e. The highest BCUT2D eigenvalue weighted by Crippen LogP contribution is 2.27. The molecule has 0 aliphatic carbocycles. The quantitative estimate of drug-likeness (QED) is 0.670. The number of hydrogen-bond acceptors (Lipinski definition) is 6. The lowest BCUT2D eigenvalue weighted by molar-refractivity contribution is -0.0586. The van der Waals surface area contributed by atoms with Gasteiger partial charge in [-0.25, -0.2) is 8.42 Å². The van der Waals surface area contributed by atoms with Crippen LogP contribution in [0.5, 0.6) is 0 Å². The Labute approximate surface area is 198 Å². The van der Waals surface area contributed by atoms with Crippen molar-refractivity contribution >= 4 is 33.2 Å². The molecule has 2 atom stereocenters. The van der Waals surface area contributed by atoms with Crippen LogP contribution in [0, 0.1) is 0 Å². The molecule has 178 valence electrons. The summed E-state index contributed by atoms with van der Waals surface area (Å²) in [5.41, 5.74) is 1.41. The zero-order valence-electron chi connectivity index (χ0n) is 18.8. The predicted molar refractivity (Wildman–Crippen MR) is 126 cm³/mol. The van der Waals surface area contributed by atoms with Gasteiger partial charge in [0.25, 0.3) is 11.8 Å². The summed E-state index contributed by atoms with van der Waals surface area (Å²) in [6, 6.07) is 8.61. The number of rotatable bonds is 6. The van der Waals surface area contributed by atoms with Crippen LogP contribution in [0.1, 0.15) is 52.3 Å². The Morgan fingerprint density at radius 3 is 2.33 bits per heavy atom. The molecule has 1 aromatic carbocycles.